The van der Waals surface area contributed by atoms with Crippen molar-refractivity contribution in [3.8, 4) is 10.7 Å². The number of aromatic nitrogens is 4. The molecule has 0 aromatic carbocycles. The highest BCUT2D eigenvalue weighted by atomic mass is 79.9. The zero-order valence-electron chi connectivity index (χ0n) is 9.71. The van der Waals surface area contributed by atoms with Crippen molar-refractivity contribution in [3.05, 3.63) is 40.0 Å². The van der Waals surface area contributed by atoms with Crippen molar-refractivity contribution < 1.29 is 4.52 Å². The molecule has 19 heavy (non-hydrogen) atoms. The summed E-state index contributed by atoms with van der Waals surface area (Å²) in [5, 5.41) is 6.06. The van der Waals surface area contributed by atoms with E-state index in [0.717, 1.165) is 27.4 Å². The van der Waals surface area contributed by atoms with Gasteiger partial charge in [0.15, 0.2) is 0 Å². The first-order valence-corrected chi connectivity index (χ1v) is 7.55. The maximum Gasteiger partial charge on any atom is 0.230 e. The highest BCUT2D eigenvalue weighted by Crippen LogP contribution is 2.53. The van der Waals surface area contributed by atoms with Crippen LogP contribution < -0.4 is 0 Å². The topological polar surface area (TPSA) is 67.6 Å². The molecular weight excluding hydrogens is 328 g/mol. The Morgan fingerprint density at radius 3 is 3.11 bits per heavy atom. The van der Waals surface area contributed by atoms with Gasteiger partial charge in [-0.05, 0) is 33.8 Å². The first-order chi connectivity index (χ1) is 9.33. The number of rotatable bonds is 3. The second-order valence-electron chi connectivity index (χ2n) is 4.51. The molecule has 3 aromatic rings. The molecule has 0 saturated heterocycles. The van der Waals surface area contributed by atoms with Crippen LogP contribution >= 0.6 is 27.3 Å². The van der Waals surface area contributed by atoms with Gasteiger partial charge in [0.1, 0.15) is 0 Å². The molecule has 0 aliphatic heterocycles. The second-order valence-corrected chi connectivity index (χ2v) is 6.28. The van der Waals surface area contributed by atoms with E-state index in [2.05, 4.69) is 36.0 Å². The lowest BCUT2D eigenvalue weighted by Crippen LogP contribution is -1.85. The van der Waals surface area contributed by atoms with E-state index in [1.165, 1.54) is 0 Å². The molecule has 1 saturated carbocycles. The fourth-order valence-corrected chi connectivity index (χ4v) is 3.69. The minimum atomic E-state index is 0.320. The lowest BCUT2D eigenvalue weighted by atomic mass is 10.2. The van der Waals surface area contributed by atoms with Gasteiger partial charge in [0.2, 0.25) is 11.7 Å². The molecule has 3 heterocycles. The van der Waals surface area contributed by atoms with Gasteiger partial charge in [-0.15, -0.1) is 11.3 Å². The zero-order valence-corrected chi connectivity index (χ0v) is 12.1. The highest BCUT2D eigenvalue weighted by molar-refractivity contribution is 9.10. The van der Waals surface area contributed by atoms with E-state index in [1.807, 2.05) is 17.6 Å². The SMILES string of the molecule is Brc1ccsc1-c1noc([C@@H]2C[C@H]2c2cnc[nH]2)n1. The molecule has 1 N–H and O–H groups in total. The molecule has 0 unspecified atom stereocenters. The van der Waals surface area contributed by atoms with Crippen molar-refractivity contribution in [2.24, 2.45) is 0 Å². The molecule has 1 aliphatic carbocycles. The van der Waals surface area contributed by atoms with E-state index in [4.69, 9.17) is 4.52 Å². The average Bonchev–Trinajstić information content (AvgIpc) is 2.87. The second kappa shape index (κ2) is 4.28. The summed E-state index contributed by atoms with van der Waals surface area (Å²) in [6, 6.07) is 1.99. The molecule has 1 fully saturated rings. The summed E-state index contributed by atoms with van der Waals surface area (Å²) in [6.07, 6.45) is 4.60. The Kier molecular flexibility index (Phi) is 2.56. The van der Waals surface area contributed by atoms with Crippen molar-refractivity contribution in [1.82, 2.24) is 20.1 Å². The minimum Gasteiger partial charge on any atom is -0.348 e. The molecule has 0 bridgehead atoms. The Morgan fingerprint density at radius 2 is 2.37 bits per heavy atom. The summed E-state index contributed by atoms with van der Waals surface area (Å²) in [5.41, 5.74) is 1.14. The lowest BCUT2D eigenvalue weighted by molar-refractivity contribution is 0.378. The van der Waals surface area contributed by atoms with E-state index < -0.39 is 0 Å². The fraction of sp³-hybridized carbons (Fsp3) is 0.250. The fourth-order valence-electron chi connectivity index (χ4n) is 2.21. The van der Waals surface area contributed by atoms with Crippen LogP contribution in [0.4, 0.5) is 0 Å². The van der Waals surface area contributed by atoms with Gasteiger partial charge >= 0.3 is 0 Å². The number of nitrogens with zero attached hydrogens (tertiary/aromatic N) is 3. The number of H-pyrrole nitrogens is 1. The maximum absolute atomic E-state index is 5.39. The summed E-state index contributed by atoms with van der Waals surface area (Å²) < 4.78 is 6.39. The monoisotopic (exact) mass is 336 g/mol. The molecule has 4 rings (SSSR count). The van der Waals surface area contributed by atoms with E-state index >= 15 is 0 Å². The van der Waals surface area contributed by atoms with Crippen molar-refractivity contribution in [2.45, 2.75) is 18.3 Å². The molecule has 0 radical (unpaired) electrons. The quantitative estimate of drug-likeness (QED) is 0.794. The van der Waals surface area contributed by atoms with Crippen molar-refractivity contribution in [2.75, 3.05) is 0 Å². The minimum absolute atomic E-state index is 0.320. The Hall–Kier alpha value is -1.47. The molecule has 5 nitrogen and oxygen atoms in total. The van der Waals surface area contributed by atoms with Gasteiger partial charge in [-0.2, -0.15) is 4.98 Å². The normalized spacial score (nSPS) is 21.7. The van der Waals surface area contributed by atoms with Gasteiger partial charge in [0.25, 0.3) is 0 Å². The van der Waals surface area contributed by atoms with Crippen LogP contribution in [-0.4, -0.2) is 20.1 Å². The van der Waals surface area contributed by atoms with Crippen LogP contribution in [0, 0.1) is 0 Å². The Bertz CT molecular complexity index is 705. The summed E-state index contributed by atoms with van der Waals surface area (Å²) >= 11 is 5.08. The van der Waals surface area contributed by atoms with Gasteiger partial charge in [-0.3, -0.25) is 0 Å². The number of hydrogen-bond donors (Lipinski definition) is 1. The molecule has 0 amide bonds. The average molecular weight is 337 g/mol. The standard InChI is InChI=1S/C12H9BrN4OS/c13-8-1-2-19-10(8)11-16-12(18-17-11)7-3-6(7)9-4-14-5-15-9/h1-2,4-7H,3H2,(H,14,15)/t6-,7-/m1/s1. The predicted octanol–water partition coefficient (Wildman–Crippen LogP) is 3.55. The van der Waals surface area contributed by atoms with Crippen molar-refractivity contribution in [1.29, 1.82) is 0 Å². The van der Waals surface area contributed by atoms with Crippen LogP contribution in [0.2, 0.25) is 0 Å². The number of aromatic amines is 1. The lowest BCUT2D eigenvalue weighted by Gasteiger charge is -1.90. The predicted molar refractivity (Wildman–Crippen MR) is 74.0 cm³/mol. The Morgan fingerprint density at radius 1 is 1.42 bits per heavy atom. The molecule has 0 spiro atoms. The number of imidazole rings is 1. The van der Waals surface area contributed by atoms with Crippen LogP contribution in [0.3, 0.4) is 0 Å². The van der Waals surface area contributed by atoms with Crippen LogP contribution in [0.15, 0.2) is 33.0 Å². The maximum atomic E-state index is 5.39. The summed E-state index contributed by atoms with van der Waals surface area (Å²) in [5.74, 6) is 2.13. The smallest absolute Gasteiger partial charge is 0.230 e. The van der Waals surface area contributed by atoms with Crippen molar-refractivity contribution in [3.63, 3.8) is 0 Å². The number of hydrogen-bond acceptors (Lipinski definition) is 5. The number of nitrogens with one attached hydrogen (secondary N) is 1. The molecular formula is C12H9BrN4OS. The van der Waals surface area contributed by atoms with Crippen LogP contribution in [0.25, 0.3) is 10.7 Å². The Balaban J connectivity index is 1.59. The highest BCUT2D eigenvalue weighted by Gasteiger charge is 2.44. The van der Waals surface area contributed by atoms with Crippen LogP contribution in [0.5, 0.6) is 0 Å². The largest absolute Gasteiger partial charge is 0.348 e. The third kappa shape index (κ3) is 1.93. The van der Waals surface area contributed by atoms with Gasteiger partial charge in [0.05, 0.1) is 11.2 Å². The van der Waals surface area contributed by atoms with Crippen LogP contribution in [-0.2, 0) is 0 Å². The van der Waals surface area contributed by atoms with E-state index in [9.17, 15) is 0 Å². The van der Waals surface area contributed by atoms with Gasteiger partial charge in [-0.25, -0.2) is 4.98 Å². The number of halogens is 1. The van der Waals surface area contributed by atoms with Gasteiger partial charge < -0.3 is 9.51 Å². The van der Waals surface area contributed by atoms with Crippen molar-refractivity contribution >= 4 is 27.3 Å². The van der Waals surface area contributed by atoms with Gasteiger partial charge in [-0.1, -0.05) is 5.16 Å². The molecule has 96 valence electrons. The molecule has 2 atom stereocenters. The zero-order chi connectivity index (χ0) is 12.8. The van der Waals surface area contributed by atoms with E-state index in [1.54, 1.807) is 17.7 Å². The van der Waals surface area contributed by atoms with E-state index in [-0.39, 0.29) is 0 Å². The number of thiophene rings is 1. The summed E-state index contributed by atoms with van der Waals surface area (Å²) in [4.78, 5) is 12.7. The molecule has 7 heteroatoms. The third-order valence-corrected chi connectivity index (χ3v) is 5.12. The Labute approximate surface area is 121 Å². The van der Waals surface area contributed by atoms with E-state index in [0.29, 0.717) is 17.7 Å². The first-order valence-electron chi connectivity index (χ1n) is 5.88. The molecule has 1 aliphatic rings. The first kappa shape index (κ1) is 11.4. The third-order valence-electron chi connectivity index (χ3n) is 3.29. The van der Waals surface area contributed by atoms with Gasteiger partial charge in [0, 0.05) is 28.2 Å². The molecule has 3 aromatic heterocycles. The van der Waals surface area contributed by atoms with Crippen LogP contribution in [0.1, 0.15) is 29.8 Å². The summed E-state index contributed by atoms with van der Waals surface area (Å²) in [6.45, 7) is 0. The summed E-state index contributed by atoms with van der Waals surface area (Å²) in [7, 11) is 0.